The Kier molecular flexibility index (Phi) is 6.41. The highest BCUT2D eigenvalue weighted by Crippen LogP contribution is 2.19. The van der Waals surface area contributed by atoms with Gasteiger partial charge in [-0.25, -0.2) is 0 Å². The smallest absolute Gasteiger partial charge is 0.0809 e. The average molecular weight is 257 g/mol. The highest BCUT2D eigenvalue weighted by atomic mass is 16.5. The van der Waals surface area contributed by atoms with E-state index in [4.69, 9.17) is 14.6 Å². The van der Waals surface area contributed by atoms with Crippen molar-refractivity contribution in [2.24, 2.45) is 5.92 Å². The average Bonchev–Trinajstić information content (AvgIpc) is 2.89. The Morgan fingerprint density at radius 2 is 2.22 bits per heavy atom. The van der Waals surface area contributed by atoms with Crippen molar-refractivity contribution >= 4 is 0 Å². The van der Waals surface area contributed by atoms with Crippen LogP contribution in [0.25, 0.3) is 0 Å². The second-order valence-electron chi connectivity index (χ2n) is 5.53. The Bertz CT molecular complexity index is 217. The summed E-state index contributed by atoms with van der Waals surface area (Å²) in [5.41, 5.74) is 0. The fourth-order valence-corrected chi connectivity index (χ4v) is 2.96. The molecule has 2 aliphatic heterocycles. The highest BCUT2D eigenvalue weighted by Gasteiger charge is 2.19. The van der Waals surface area contributed by atoms with E-state index in [1.807, 2.05) is 0 Å². The quantitative estimate of drug-likeness (QED) is 0.698. The maximum absolute atomic E-state index is 8.98. The molecule has 0 amide bonds. The Balaban J connectivity index is 1.52. The van der Waals surface area contributed by atoms with Gasteiger partial charge in [0.1, 0.15) is 0 Å². The van der Waals surface area contributed by atoms with Crippen LogP contribution >= 0.6 is 0 Å². The van der Waals surface area contributed by atoms with E-state index in [0.29, 0.717) is 18.6 Å². The van der Waals surface area contributed by atoms with Gasteiger partial charge in [0.15, 0.2) is 0 Å². The normalized spacial score (nSPS) is 29.8. The summed E-state index contributed by atoms with van der Waals surface area (Å²) < 4.78 is 11.2. The van der Waals surface area contributed by atoms with Crippen molar-refractivity contribution in [1.29, 1.82) is 0 Å². The van der Waals surface area contributed by atoms with Crippen LogP contribution in [-0.4, -0.2) is 62.2 Å². The van der Waals surface area contributed by atoms with Gasteiger partial charge in [0, 0.05) is 26.3 Å². The summed E-state index contributed by atoms with van der Waals surface area (Å²) >= 11 is 0. The van der Waals surface area contributed by atoms with E-state index in [-0.39, 0.29) is 0 Å². The fourth-order valence-electron chi connectivity index (χ4n) is 2.96. The van der Waals surface area contributed by atoms with Gasteiger partial charge in [0.05, 0.1) is 19.3 Å². The van der Waals surface area contributed by atoms with E-state index in [0.717, 1.165) is 45.8 Å². The topological polar surface area (TPSA) is 41.9 Å². The van der Waals surface area contributed by atoms with Crippen molar-refractivity contribution in [2.45, 2.75) is 38.2 Å². The Morgan fingerprint density at radius 1 is 1.28 bits per heavy atom. The number of hydrogen-bond acceptors (Lipinski definition) is 4. The van der Waals surface area contributed by atoms with Crippen LogP contribution in [0.1, 0.15) is 32.1 Å². The third-order valence-corrected chi connectivity index (χ3v) is 4.02. The van der Waals surface area contributed by atoms with Crippen LogP contribution < -0.4 is 0 Å². The molecule has 2 fully saturated rings. The molecule has 2 saturated heterocycles. The lowest BCUT2D eigenvalue weighted by atomic mass is 9.95. The van der Waals surface area contributed by atoms with Gasteiger partial charge < -0.3 is 19.5 Å². The zero-order valence-corrected chi connectivity index (χ0v) is 11.4. The molecule has 2 rings (SSSR count). The van der Waals surface area contributed by atoms with Crippen LogP contribution in [0.5, 0.6) is 0 Å². The molecule has 0 spiro atoms. The van der Waals surface area contributed by atoms with Gasteiger partial charge in [0.25, 0.3) is 0 Å². The fraction of sp³-hybridized carbons (Fsp3) is 1.00. The van der Waals surface area contributed by atoms with Crippen LogP contribution in [-0.2, 0) is 9.47 Å². The molecule has 0 aromatic rings. The van der Waals surface area contributed by atoms with Gasteiger partial charge in [-0.15, -0.1) is 0 Å². The van der Waals surface area contributed by atoms with Gasteiger partial charge >= 0.3 is 0 Å². The first kappa shape index (κ1) is 14.3. The Hall–Kier alpha value is -0.160. The first-order valence-electron chi connectivity index (χ1n) is 7.41. The third kappa shape index (κ3) is 4.84. The summed E-state index contributed by atoms with van der Waals surface area (Å²) in [5.74, 6) is 0.682. The van der Waals surface area contributed by atoms with Crippen LogP contribution in [0.3, 0.4) is 0 Å². The number of aliphatic hydroxyl groups excluding tert-OH is 1. The molecule has 2 heterocycles. The molecule has 0 saturated carbocycles. The zero-order valence-electron chi connectivity index (χ0n) is 11.4. The SMILES string of the molecule is OCC[C@@H]1CCCN(CCOC[C@@H]2CCCO2)C1. The monoisotopic (exact) mass is 257 g/mol. The van der Waals surface area contributed by atoms with Gasteiger partial charge in [-0.3, -0.25) is 0 Å². The minimum atomic E-state index is 0.327. The second kappa shape index (κ2) is 8.10. The van der Waals surface area contributed by atoms with Gasteiger partial charge in [-0.2, -0.15) is 0 Å². The van der Waals surface area contributed by atoms with E-state index in [1.54, 1.807) is 0 Å². The summed E-state index contributed by atoms with van der Waals surface area (Å²) in [7, 11) is 0. The van der Waals surface area contributed by atoms with E-state index >= 15 is 0 Å². The second-order valence-corrected chi connectivity index (χ2v) is 5.53. The minimum absolute atomic E-state index is 0.327. The van der Waals surface area contributed by atoms with Crippen LogP contribution in [0.2, 0.25) is 0 Å². The van der Waals surface area contributed by atoms with E-state index in [2.05, 4.69) is 4.90 Å². The summed E-state index contributed by atoms with van der Waals surface area (Å²) in [5, 5.41) is 8.98. The van der Waals surface area contributed by atoms with Gasteiger partial charge in [-0.05, 0) is 44.6 Å². The Labute approximate surface area is 110 Å². The zero-order chi connectivity index (χ0) is 12.6. The predicted octanol–water partition coefficient (Wildman–Crippen LogP) is 1.28. The summed E-state index contributed by atoms with van der Waals surface area (Å²) in [6, 6.07) is 0. The van der Waals surface area contributed by atoms with Gasteiger partial charge in [0.2, 0.25) is 0 Å². The van der Waals surface area contributed by atoms with Crippen LogP contribution in [0.15, 0.2) is 0 Å². The third-order valence-electron chi connectivity index (χ3n) is 4.02. The summed E-state index contributed by atoms with van der Waals surface area (Å²) in [4.78, 5) is 2.47. The maximum Gasteiger partial charge on any atom is 0.0809 e. The number of piperidine rings is 1. The molecule has 2 aliphatic rings. The molecule has 2 atom stereocenters. The standard InChI is InChI=1S/C14H27NO3/c16-8-5-13-3-1-6-15(11-13)7-10-17-12-14-4-2-9-18-14/h13-14,16H,1-12H2/t13-,14-/m0/s1. The van der Waals surface area contributed by atoms with Gasteiger partial charge in [-0.1, -0.05) is 0 Å². The molecule has 0 aliphatic carbocycles. The molecule has 0 aromatic heterocycles. The molecular formula is C14H27NO3. The molecule has 4 heteroatoms. The van der Waals surface area contributed by atoms with Crippen molar-refractivity contribution in [3.63, 3.8) is 0 Å². The molecule has 0 aromatic carbocycles. The molecule has 0 radical (unpaired) electrons. The number of hydrogen-bond donors (Lipinski definition) is 1. The lowest BCUT2D eigenvalue weighted by Crippen LogP contribution is -2.38. The first-order valence-corrected chi connectivity index (χ1v) is 7.41. The highest BCUT2D eigenvalue weighted by molar-refractivity contribution is 4.72. The maximum atomic E-state index is 8.98. The largest absolute Gasteiger partial charge is 0.396 e. The van der Waals surface area contributed by atoms with Crippen molar-refractivity contribution in [1.82, 2.24) is 4.90 Å². The van der Waals surface area contributed by atoms with Crippen molar-refractivity contribution in [3.05, 3.63) is 0 Å². The van der Waals surface area contributed by atoms with Crippen molar-refractivity contribution in [2.75, 3.05) is 46.1 Å². The summed E-state index contributed by atoms with van der Waals surface area (Å²) in [6.45, 7) is 6.14. The first-order chi connectivity index (χ1) is 8.88. The van der Waals surface area contributed by atoms with E-state index < -0.39 is 0 Å². The van der Waals surface area contributed by atoms with Crippen molar-refractivity contribution < 1.29 is 14.6 Å². The molecule has 4 nitrogen and oxygen atoms in total. The lowest BCUT2D eigenvalue weighted by molar-refractivity contribution is 0.00671. The number of likely N-dealkylation sites (tertiary alicyclic amines) is 1. The molecule has 0 bridgehead atoms. The van der Waals surface area contributed by atoms with Crippen molar-refractivity contribution in [3.8, 4) is 0 Å². The minimum Gasteiger partial charge on any atom is -0.396 e. The lowest BCUT2D eigenvalue weighted by Gasteiger charge is -2.32. The summed E-state index contributed by atoms with van der Waals surface area (Å²) in [6.07, 6.45) is 6.16. The molecular weight excluding hydrogens is 230 g/mol. The number of nitrogens with zero attached hydrogens (tertiary/aromatic N) is 1. The molecule has 0 unspecified atom stereocenters. The molecule has 1 N–H and O–H groups in total. The van der Waals surface area contributed by atoms with Crippen LogP contribution in [0, 0.1) is 5.92 Å². The molecule has 106 valence electrons. The number of aliphatic hydroxyl groups is 1. The number of rotatable bonds is 7. The number of ether oxygens (including phenoxy) is 2. The Morgan fingerprint density at radius 3 is 3.00 bits per heavy atom. The van der Waals surface area contributed by atoms with E-state index in [9.17, 15) is 0 Å². The predicted molar refractivity (Wildman–Crippen MR) is 70.7 cm³/mol. The van der Waals surface area contributed by atoms with Crippen LogP contribution in [0.4, 0.5) is 0 Å². The molecule has 18 heavy (non-hydrogen) atoms. The van der Waals surface area contributed by atoms with E-state index in [1.165, 1.54) is 25.8 Å².